The summed E-state index contributed by atoms with van der Waals surface area (Å²) < 4.78 is 18.6. The minimum absolute atomic E-state index is 0.193. The number of halogens is 2. The first-order valence-corrected chi connectivity index (χ1v) is 5.26. The number of rotatable bonds is 2. The molecule has 0 saturated heterocycles. The van der Waals surface area contributed by atoms with E-state index in [9.17, 15) is 4.39 Å². The molecule has 0 aliphatic heterocycles. The molecule has 0 aliphatic rings. The van der Waals surface area contributed by atoms with Gasteiger partial charge in [0.25, 0.3) is 0 Å². The van der Waals surface area contributed by atoms with Crippen LogP contribution in [0.25, 0.3) is 11.3 Å². The molecule has 0 spiro atoms. The Morgan fingerprint density at radius 1 is 1.31 bits per heavy atom. The highest BCUT2D eigenvalue weighted by Crippen LogP contribution is 2.31. The van der Waals surface area contributed by atoms with Crippen molar-refractivity contribution in [1.82, 2.24) is 0 Å². The zero-order valence-electron chi connectivity index (χ0n) is 8.71. The minimum Gasteiger partial charge on any atom is -0.459 e. The lowest BCUT2D eigenvalue weighted by Crippen LogP contribution is -2.02. The lowest BCUT2D eigenvalue weighted by molar-refractivity contribution is 0.490. The van der Waals surface area contributed by atoms with Crippen molar-refractivity contribution in [2.45, 2.75) is 13.0 Å². The fourth-order valence-electron chi connectivity index (χ4n) is 1.43. The van der Waals surface area contributed by atoms with E-state index in [4.69, 9.17) is 21.8 Å². The highest BCUT2D eigenvalue weighted by molar-refractivity contribution is 6.33. The van der Waals surface area contributed by atoms with E-state index in [1.165, 1.54) is 18.2 Å². The van der Waals surface area contributed by atoms with Gasteiger partial charge in [0.15, 0.2) is 0 Å². The van der Waals surface area contributed by atoms with Crippen molar-refractivity contribution < 1.29 is 8.81 Å². The highest BCUT2D eigenvalue weighted by atomic mass is 35.5. The Morgan fingerprint density at radius 3 is 2.69 bits per heavy atom. The van der Waals surface area contributed by atoms with Crippen LogP contribution in [0.5, 0.6) is 0 Å². The zero-order valence-corrected chi connectivity index (χ0v) is 9.46. The topological polar surface area (TPSA) is 39.2 Å². The Balaban J connectivity index is 2.46. The predicted octanol–water partition coefficient (Wildman–Crippen LogP) is 3.76. The molecule has 2 N–H and O–H groups in total. The Bertz CT molecular complexity index is 507. The molecule has 4 heteroatoms. The normalized spacial score (nSPS) is 12.8. The number of hydrogen-bond donors (Lipinski definition) is 1. The molecule has 2 nitrogen and oxygen atoms in total. The summed E-state index contributed by atoms with van der Waals surface area (Å²) in [6, 6.07) is 7.45. The average Bonchev–Trinajstić information content (AvgIpc) is 2.70. The fourth-order valence-corrected chi connectivity index (χ4v) is 1.64. The Hall–Kier alpha value is -1.32. The Kier molecular flexibility index (Phi) is 2.99. The highest BCUT2D eigenvalue weighted by Gasteiger charge is 2.11. The van der Waals surface area contributed by atoms with Crippen LogP contribution in [-0.2, 0) is 0 Å². The van der Waals surface area contributed by atoms with Crippen LogP contribution in [0, 0.1) is 5.82 Å². The smallest absolute Gasteiger partial charge is 0.135 e. The van der Waals surface area contributed by atoms with Gasteiger partial charge in [0, 0.05) is 5.56 Å². The second-order valence-corrected chi connectivity index (χ2v) is 4.02. The SMILES string of the molecule is CC(N)c1ccc(-c2cc(F)ccc2Cl)o1. The molecule has 0 fully saturated rings. The molecule has 1 unspecified atom stereocenters. The van der Waals surface area contributed by atoms with E-state index < -0.39 is 0 Å². The van der Waals surface area contributed by atoms with E-state index in [-0.39, 0.29) is 11.9 Å². The van der Waals surface area contributed by atoms with Gasteiger partial charge in [0.05, 0.1) is 11.1 Å². The van der Waals surface area contributed by atoms with Gasteiger partial charge in [-0.3, -0.25) is 0 Å². The first kappa shape index (κ1) is 11.2. The van der Waals surface area contributed by atoms with Gasteiger partial charge in [0.2, 0.25) is 0 Å². The molecule has 0 saturated carbocycles. The van der Waals surface area contributed by atoms with Crippen molar-refractivity contribution >= 4 is 11.6 Å². The molecule has 0 amide bonds. The molecule has 1 aromatic heterocycles. The predicted molar refractivity (Wildman–Crippen MR) is 61.7 cm³/mol. The molecule has 1 atom stereocenters. The first-order chi connectivity index (χ1) is 7.58. The van der Waals surface area contributed by atoms with Crippen molar-refractivity contribution in [3.8, 4) is 11.3 Å². The summed E-state index contributed by atoms with van der Waals surface area (Å²) in [6.45, 7) is 1.82. The van der Waals surface area contributed by atoms with Gasteiger partial charge in [-0.15, -0.1) is 0 Å². The standard InChI is InChI=1S/C12H11ClFNO/c1-7(15)11-4-5-12(16-11)9-6-8(14)2-3-10(9)13/h2-7H,15H2,1H3. The number of nitrogens with two attached hydrogens (primary N) is 1. The summed E-state index contributed by atoms with van der Waals surface area (Å²) in [6.07, 6.45) is 0. The summed E-state index contributed by atoms with van der Waals surface area (Å²) in [5, 5.41) is 0.451. The third kappa shape index (κ3) is 2.10. The summed E-state index contributed by atoms with van der Waals surface area (Å²) >= 11 is 5.96. The van der Waals surface area contributed by atoms with Crippen LogP contribution >= 0.6 is 11.6 Å². The number of furan rings is 1. The lowest BCUT2D eigenvalue weighted by atomic mass is 10.2. The lowest BCUT2D eigenvalue weighted by Gasteiger charge is -2.02. The van der Waals surface area contributed by atoms with Gasteiger partial charge in [0.1, 0.15) is 17.3 Å². The van der Waals surface area contributed by atoms with Crippen molar-refractivity contribution in [2.75, 3.05) is 0 Å². The molecule has 16 heavy (non-hydrogen) atoms. The molecule has 1 aromatic carbocycles. The van der Waals surface area contributed by atoms with Crippen LogP contribution in [-0.4, -0.2) is 0 Å². The molecule has 1 heterocycles. The van der Waals surface area contributed by atoms with Crippen LogP contribution in [0.15, 0.2) is 34.7 Å². The second kappa shape index (κ2) is 4.28. The van der Waals surface area contributed by atoms with Crippen molar-refractivity contribution in [3.63, 3.8) is 0 Å². The van der Waals surface area contributed by atoms with Crippen LogP contribution in [0.4, 0.5) is 4.39 Å². The monoisotopic (exact) mass is 239 g/mol. The van der Waals surface area contributed by atoms with Crippen LogP contribution in [0.2, 0.25) is 5.02 Å². The fraction of sp³-hybridized carbons (Fsp3) is 0.167. The largest absolute Gasteiger partial charge is 0.459 e. The van der Waals surface area contributed by atoms with Gasteiger partial charge in [-0.05, 0) is 37.3 Å². The van der Waals surface area contributed by atoms with E-state index in [2.05, 4.69) is 0 Å². The van der Waals surface area contributed by atoms with Gasteiger partial charge in [-0.2, -0.15) is 0 Å². The number of benzene rings is 1. The van der Waals surface area contributed by atoms with Gasteiger partial charge >= 0.3 is 0 Å². The van der Waals surface area contributed by atoms with Crippen LogP contribution in [0.3, 0.4) is 0 Å². The molecule has 0 aliphatic carbocycles. The van der Waals surface area contributed by atoms with Crippen molar-refractivity contribution in [1.29, 1.82) is 0 Å². The summed E-state index contributed by atoms with van der Waals surface area (Å²) in [5.74, 6) is 0.824. The van der Waals surface area contributed by atoms with E-state index in [1.54, 1.807) is 12.1 Å². The van der Waals surface area contributed by atoms with Gasteiger partial charge < -0.3 is 10.2 Å². The molecule has 84 valence electrons. The third-order valence-corrected chi connectivity index (χ3v) is 2.60. The molecule has 0 bridgehead atoms. The molecule has 0 radical (unpaired) electrons. The average molecular weight is 240 g/mol. The van der Waals surface area contributed by atoms with E-state index in [0.717, 1.165) is 0 Å². The molecular weight excluding hydrogens is 229 g/mol. The Labute approximate surface area is 97.8 Å². The number of hydrogen-bond acceptors (Lipinski definition) is 2. The van der Waals surface area contributed by atoms with Crippen LogP contribution in [0.1, 0.15) is 18.7 Å². The van der Waals surface area contributed by atoms with Crippen molar-refractivity contribution in [3.05, 3.63) is 46.9 Å². The van der Waals surface area contributed by atoms with Crippen molar-refractivity contribution in [2.24, 2.45) is 5.73 Å². The third-order valence-electron chi connectivity index (χ3n) is 2.27. The van der Waals surface area contributed by atoms with Crippen LogP contribution < -0.4 is 5.73 Å². The summed E-state index contributed by atoms with van der Waals surface area (Å²) in [7, 11) is 0. The van der Waals surface area contributed by atoms with E-state index in [1.807, 2.05) is 6.92 Å². The van der Waals surface area contributed by atoms with Gasteiger partial charge in [-0.25, -0.2) is 4.39 Å². The second-order valence-electron chi connectivity index (χ2n) is 3.61. The first-order valence-electron chi connectivity index (χ1n) is 4.88. The molecule has 2 aromatic rings. The molecule has 2 rings (SSSR count). The quantitative estimate of drug-likeness (QED) is 0.867. The maximum atomic E-state index is 13.1. The minimum atomic E-state index is -0.349. The maximum Gasteiger partial charge on any atom is 0.135 e. The summed E-state index contributed by atoms with van der Waals surface area (Å²) in [5.41, 5.74) is 6.21. The molecular formula is C12H11ClFNO. The van der Waals surface area contributed by atoms with E-state index >= 15 is 0 Å². The van der Waals surface area contributed by atoms with E-state index in [0.29, 0.717) is 22.1 Å². The van der Waals surface area contributed by atoms with Gasteiger partial charge in [-0.1, -0.05) is 11.6 Å². The summed E-state index contributed by atoms with van der Waals surface area (Å²) in [4.78, 5) is 0. The maximum absolute atomic E-state index is 13.1. The Morgan fingerprint density at radius 2 is 2.06 bits per heavy atom. The zero-order chi connectivity index (χ0) is 11.7.